The Morgan fingerprint density at radius 2 is 1.90 bits per heavy atom. The van der Waals surface area contributed by atoms with E-state index in [1.807, 2.05) is 13.8 Å². The van der Waals surface area contributed by atoms with Crippen molar-refractivity contribution < 1.29 is 22.4 Å². The van der Waals surface area contributed by atoms with Gasteiger partial charge in [0.2, 0.25) is 0 Å². The molecule has 0 aliphatic heterocycles. The molecule has 0 radical (unpaired) electrons. The SMILES string of the molecule is CCC(C)CC(C)NC(=O)c1cccc(C(F)(F)F)c1F. The van der Waals surface area contributed by atoms with Gasteiger partial charge in [-0.2, -0.15) is 13.2 Å². The molecule has 0 aliphatic carbocycles. The first-order valence-electron chi connectivity index (χ1n) is 6.83. The van der Waals surface area contributed by atoms with Crippen LogP contribution in [0.2, 0.25) is 0 Å². The van der Waals surface area contributed by atoms with Gasteiger partial charge in [0.1, 0.15) is 5.82 Å². The van der Waals surface area contributed by atoms with Crippen LogP contribution in [0.15, 0.2) is 18.2 Å². The molecule has 21 heavy (non-hydrogen) atoms. The molecule has 0 fully saturated rings. The number of alkyl halides is 3. The van der Waals surface area contributed by atoms with Crippen molar-refractivity contribution in [3.8, 4) is 0 Å². The third kappa shape index (κ3) is 4.72. The molecule has 1 N–H and O–H groups in total. The van der Waals surface area contributed by atoms with E-state index in [1.54, 1.807) is 6.92 Å². The van der Waals surface area contributed by atoms with E-state index in [4.69, 9.17) is 0 Å². The summed E-state index contributed by atoms with van der Waals surface area (Å²) >= 11 is 0. The predicted molar refractivity (Wildman–Crippen MR) is 72.4 cm³/mol. The van der Waals surface area contributed by atoms with E-state index >= 15 is 0 Å². The molecule has 2 nitrogen and oxygen atoms in total. The number of hydrogen-bond acceptors (Lipinski definition) is 1. The number of benzene rings is 1. The largest absolute Gasteiger partial charge is 0.419 e. The fourth-order valence-corrected chi connectivity index (χ4v) is 2.06. The lowest BCUT2D eigenvalue weighted by molar-refractivity contribution is -0.140. The number of halogens is 4. The summed E-state index contributed by atoms with van der Waals surface area (Å²) in [5.41, 5.74) is -2.01. The smallest absolute Gasteiger partial charge is 0.349 e. The maximum absolute atomic E-state index is 13.8. The van der Waals surface area contributed by atoms with Gasteiger partial charge in [-0.25, -0.2) is 4.39 Å². The van der Waals surface area contributed by atoms with Crippen LogP contribution in [0.25, 0.3) is 0 Å². The summed E-state index contributed by atoms with van der Waals surface area (Å²) in [5.74, 6) is -1.99. The molecular weight excluding hydrogens is 286 g/mol. The summed E-state index contributed by atoms with van der Waals surface area (Å²) < 4.78 is 51.6. The van der Waals surface area contributed by atoms with Crippen molar-refractivity contribution in [2.45, 2.75) is 45.8 Å². The van der Waals surface area contributed by atoms with E-state index in [0.717, 1.165) is 18.6 Å². The van der Waals surface area contributed by atoms with E-state index in [2.05, 4.69) is 5.32 Å². The highest BCUT2D eigenvalue weighted by molar-refractivity contribution is 5.94. The molecule has 1 aromatic carbocycles. The zero-order chi connectivity index (χ0) is 16.2. The van der Waals surface area contributed by atoms with Crippen LogP contribution < -0.4 is 5.32 Å². The zero-order valence-electron chi connectivity index (χ0n) is 12.2. The molecule has 1 rings (SSSR count). The van der Waals surface area contributed by atoms with Crippen molar-refractivity contribution in [2.24, 2.45) is 5.92 Å². The Balaban J connectivity index is 2.89. The molecule has 1 aromatic rings. The summed E-state index contributed by atoms with van der Waals surface area (Å²) in [6, 6.07) is 2.46. The molecule has 0 spiro atoms. The topological polar surface area (TPSA) is 29.1 Å². The van der Waals surface area contributed by atoms with Crippen molar-refractivity contribution in [1.82, 2.24) is 5.32 Å². The molecule has 6 heteroatoms. The first-order valence-corrected chi connectivity index (χ1v) is 6.83. The maximum Gasteiger partial charge on any atom is 0.419 e. The van der Waals surface area contributed by atoms with Crippen LogP contribution in [0.3, 0.4) is 0 Å². The van der Waals surface area contributed by atoms with Gasteiger partial charge in [-0.15, -0.1) is 0 Å². The number of carbonyl (C=O) groups excluding carboxylic acids is 1. The maximum atomic E-state index is 13.8. The van der Waals surface area contributed by atoms with Crippen LogP contribution in [0.4, 0.5) is 17.6 Å². The Hall–Kier alpha value is -1.59. The van der Waals surface area contributed by atoms with Crippen molar-refractivity contribution in [1.29, 1.82) is 0 Å². The highest BCUT2D eigenvalue weighted by Gasteiger charge is 2.35. The number of hydrogen-bond donors (Lipinski definition) is 1. The van der Waals surface area contributed by atoms with E-state index < -0.39 is 29.0 Å². The first kappa shape index (κ1) is 17.5. The van der Waals surface area contributed by atoms with Gasteiger partial charge in [-0.3, -0.25) is 4.79 Å². The number of carbonyl (C=O) groups is 1. The molecule has 0 aromatic heterocycles. The van der Waals surface area contributed by atoms with E-state index in [1.165, 1.54) is 0 Å². The van der Waals surface area contributed by atoms with Crippen molar-refractivity contribution in [3.63, 3.8) is 0 Å². The fourth-order valence-electron chi connectivity index (χ4n) is 2.06. The van der Waals surface area contributed by atoms with Crippen LogP contribution in [-0.2, 0) is 6.18 Å². The van der Waals surface area contributed by atoms with Gasteiger partial charge < -0.3 is 5.32 Å². The van der Waals surface area contributed by atoms with Crippen LogP contribution >= 0.6 is 0 Å². The van der Waals surface area contributed by atoms with E-state index in [-0.39, 0.29) is 6.04 Å². The molecular formula is C15H19F4NO. The second-order valence-electron chi connectivity index (χ2n) is 5.29. The Labute approximate surface area is 121 Å². The van der Waals surface area contributed by atoms with Crippen LogP contribution in [0.5, 0.6) is 0 Å². The monoisotopic (exact) mass is 305 g/mol. The summed E-state index contributed by atoms with van der Waals surface area (Å²) in [5, 5.41) is 2.53. The summed E-state index contributed by atoms with van der Waals surface area (Å²) in [6.45, 7) is 5.76. The number of rotatable bonds is 5. The van der Waals surface area contributed by atoms with Gasteiger partial charge in [0.25, 0.3) is 5.91 Å². The second-order valence-corrected chi connectivity index (χ2v) is 5.29. The van der Waals surface area contributed by atoms with Gasteiger partial charge >= 0.3 is 6.18 Å². The molecule has 0 bridgehead atoms. The first-order chi connectivity index (χ1) is 9.66. The Kier molecular flexibility index (Phi) is 5.75. The van der Waals surface area contributed by atoms with Gasteiger partial charge in [0, 0.05) is 6.04 Å². The average Bonchev–Trinajstić information content (AvgIpc) is 2.36. The Bertz CT molecular complexity index is 499. The molecule has 118 valence electrons. The van der Waals surface area contributed by atoms with Crippen LogP contribution in [0.1, 0.15) is 49.5 Å². The minimum atomic E-state index is -4.82. The highest BCUT2D eigenvalue weighted by Crippen LogP contribution is 2.32. The lowest BCUT2D eigenvalue weighted by atomic mass is 10.00. The molecule has 0 aliphatic rings. The molecule has 2 unspecified atom stereocenters. The average molecular weight is 305 g/mol. The molecule has 0 heterocycles. The highest BCUT2D eigenvalue weighted by atomic mass is 19.4. The third-order valence-electron chi connectivity index (χ3n) is 3.38. The standard InChI is InChI=1S/C15H19F4NO/c1-4-9(2)8-10(3)20-14(21)11-6-5-7-12(13(11)16)15(17,18)19/h5-7,9-10H,4,8H2,1-3H3,(H,20,21). The minimum absolute atomic E-state index is 0.235. The van der Waals surface area contributed by atoms with E-state index in [9.17, 15) is 22.4 Å². The normalized spacial score (nSPS) is 14.6. The Morgan fingerprint density at radius 1 is 1.29 bits per heavy atom. The van der Waals surface area contributed by atoms with Gasteiger partial charge in [-0.05, 0) is 31.4 Å². The summed E-state index contributed by atoms with van der Waals surface area (Å²) in [4.78, 5) is 11.9. The van der Waals surface area contributed by atoms with Gasteiger partial charge in [-0.1, -0.05) is 26.3 Å². The molecule has 0 saturated carbocycles. The zero-order valence-corrected chi connectivity index (χ0v) is 12.2. The second kappa shape index (κ2) is 6.91. The third-order valence-corrected chi connectivity index (χ3v) is 3.38. The molecule has 1 amide bonds. The van der Waals surface area contributed by atoms with Crippen LogP contribution in [-0.4, -0.2) is 11.9 Å². The number of amides is 1. The Morgan fingerprint density at radius 3 is 2.43 bits per heavy atom. The van der Waals surface area contributed by atoms with Gasteiger partial charge in [0.05, 0.1) is 11.1 Å². The van der Waals surface area contributed by atoms with Crippen molar-refractivity contribution in [3.05, 3.63) is 35.1 Å². The predicted octanol–water partition coefficient (Wildman–Crippen LogP) is 4.40. The molecule has 2 atom stereocenters. The molecule has 0 saturated heterocycles. The quantitative estimate of drug-likeness (QED) is 0.803. The summed E-state index contributed by atoms with van der Waals surface area (Å²) in [7, 11) is 0. The lowest BCUT2D eigenvalue weighted by Crippen LogP contribution is -2.34. The van der Waals surface area contributed by atoms with Crippen molar-refractivity contribution >= 4 is 5.91 Å². The van der Waals surface area contributed by atoms with Crippen molar-refractivity contribution in [2.75, 3.05) is 0 Å². The van der Waals surface area contributed by atoms with E-state index in [0.29, 0.717) is 18.4 Å². The van der Waals surface area contributed by atoms with Gasteiger partial charge in [0.15, 0.2) is 0 Å². The fraction of sp³-hybridized carbons (Fsp3) is 0.533. The minimum Gasteiger partial charge on any atom is -0.349 e. The van der Waals surface area contributed by atoms with Crippen LogP contribution in [0, 0.1) is 11.7 Å². The number of nitrogens with one attached hydrogen (secondary N) is 1. The summed E-state index contributed by atoms with van der Waals surface area (Å²) in [6.07, 6.45) is -3.20. The lowest BCUT2D eigenvalue weighted by Gasteiger charge is -2.18.